The fraction of sp³-hybridized carbons (Fsp3) is 0.583. The van der Waals surface area contributed by atoms with E-state index in [-0.39, 0.29) is 28.1 Å². The number of aliphatic hydroxyl groups excluding tert-OH is 1. The van der Waals surface area contributed by atoms with Crippen LogP contribution in [0.5, 0.6) is 0 Å². The number of carbonyl (C=O) groups is 3. The van der Waals surface area contributed by atoms with Gasteiger partial charge < -0.3 is 15.5 Å². The van der Waals surface area contributed by atoms with E-state index >= 15 is 0 Å². The van der Waals surface area contributed by atoms with E-state index in [1.807, 2.05) is 0 Å². The smallest absolute Gasteiger partial charge is 0.354 e. The largest absolute Gasteiger partial charge is 0.477 e. The van der Waals surface area contributed by atoms with E-state index in [0.717, 1.165) is 0 Å². The molecule has 3 rings (SSSR count). The second-order valence-corrected chi connectivity index (χ2v) is 7.71. The van der Waals surface area contributed by atoms with Crippen molar-refractivity contribution >= 4 is 41.3 Å². The first-order valence-electron chi connectivity index (χ1n) is 6.51. The molecule has 0 aromatic rings. The SMILES string of the molecule is C[C@@H](O)[C@H]1C(=O)N2C(C(=O)O)=C(SC3CCNC3=O)S[C@H]12. The Morgan fingerprint density at radius 1 is 1.52 bits per heavy atom. The Kier molecular flexibility index (Phi) is 3.66. The maximum absolute atomic E-state index is 12.0. The van der Waals surface area contributed by atoms with Crippen molar-refractivity contribution < 1.29 is 24.6 Å². The number of rotatable bonds is 4. The van der Waals surface area contributed by atoms with Crippen LogP contribution in [-0.4, -0.2) is 56.2 Å². The van der Waals surface area contributed by atoms with Gasteiger partial charge in [0.15, 0.2) is 5.70 Å². The van der Waals surface area contributed by atoms with Gasteiger partial charge >= 0.3 is 5.97 Å². The number of carbonyl (C=O) groups excluding carboxylic acids is 2. The molecule has 3 aliphatic rings. The van der Waals surface area contributed by atoms with Crippen LogP contribution in [0.2, 0.25) is 0 Å². The molecule has 114 valence electrons. The number of hydrogen-bond donors (Lipinski definition) is 3. The van der Waals surface area contributed by atoms with Crippen LogP contribution in [0.15, 0.2) is 9.93 Å². The highest BCUT2D eigenvalue weighted by atomic mass is 32.2. The minimum atomic E-state index is -1.18. The molecule has 3 heterocycles. The quantitative estimate of drug-likeness (QED) is 0.611. The van der Waals surface area contributed by atoms with E-state index in [4.69, 9.17) is 0 Å². The molecule has 0 radical (unpaired) electrons. The number of aliphatic hydroxyl groups is 1. The number of nitrogens with zero attached hydrogens (tertiary/aromatic N) is 1. The lowest BCUT2D eigenvalue weighted by Crippen LogP contribution is -2.60. The van der Waals surface area contributed by atoms with Crippen LogP contribution in [0.1, 0.15) is 13.3 Å². The van der Waals surface area contributed by atoms with Crippen molar-refractivity contribution in [2.75, 3.05) is 6.54 Å². The maximum atomic E-state index is 12.0. The summed E-state index contributed by atoms with van der Waals surface area (Å²) in [5, 5.41) is 21.0. The van der Waals surface area contributed by atoms with Crippen molar-refractivity contribution in [3.05, 3.63) is 9.93 Å². The van der Waals surface area contributed by atoms with E-state index < -0.39 is 18.0 Å². The van der Waals surface area contributed by atoms with Crippen LogP contribution in [0.4, 0.5) is 0 Å². The maximum Gasteiger partial charge on any atom is 0.354 e. The minimum absolute atomic E-state index is 0.0587. The Balaban J connectivity index is 1.84. The third-order valence-electron chi connectivity index (χ3n) is 3.72. The molecule has 0 spiro atoms. The molecule has 0 aliphatic carbocycles. The highest BCUT2D eigenvalue weighted by molar-refractivity contribution is 8.23. The van der Waals surface area contributed by atoms with Crippen molar-refractivity contribution in [2.45, 2.75) is 30.1 Å². The predicted molar refractivity (Wildman–Crippen MR) is 77.1 cm³/mol. The zero-order chi connectivity index (χ0) is 15.3. The molecule has 1 unspecified atom stereocenters. The Labute approximate surface area is 129 Å². The van der Waals surface area contributed by atoms with Gasteiger partial charge in [-0.3, -0.25) is 14.5 Å². The number of β-lactam (4-membered cyclic amide) rings is 1. The number of aliphatic carboxylic acids is 1. The zero-order valence-corrected chi connectivity index (χ0v) is 12.7. The molecular formula is C12H14N2O5S2. The number of amides is 2. The van der Waals surface area contributed by atoms with Crippen LogP contribution >= 0.6 is 23.5 Å². The van der Waals surface area contributed by atoms with Gasteiger partial charge in [-0.1, -0.05) is 11.8 Å². The molecule has 7 nitrogen and oxygen atoms in total. The summed E-state index contributed by atoms with van der Waals surface area (Å²) in [6.45, 7) is 2.11. The molecule has 3 N–H and O–H groups in total. The standard InChI is InChI=1S/C12H14N2O5S2/c1-4(15)6-9(17)14-7(11(18)19)12(21-10(6)14)20-5-2-3-13-8(5)16/h4-6,10,15H,2-3H2,1H3,(H,13,16)(H,18,19)/t4-,5?,6+,10-/m1/s1. The number of carboxylic acids is 1. The molecule has 2 fully saturated rings. The van der Waals surface area contributed by atoms with E-state index in [1.165, 1.54) is 35.3 Å². The summed E-state index contributed by atoms with van der Waals surface area (Å²) in [7, 11) is 0. The molecule has 21 heavy (non-hydrogen) atoms. The summed E-state index contributed by atoms with van der Waals surface area (Å²) in [6, 6.07) is 0. The molecule has 9 heteroatoms. The van der Waals surface area contributed by atoms with E-state index in [2.05, 4.69) is 5.32 Å². The highest BCUT2D eigenvalue weighted by Crippen LogP contribution is 2.54. The van der Waals surface area contributed by atoms with Crippen LogP contribution in [-0.2, 0) is 14.4 Å². The monoisotopic (exact) mass is 330 g/mol. The summed E-state index contributed by atoms with van der Waals surface area (Å²) in [4.78, 5) is 36.3. The lowest BCUT2D eigenvalue weighted by atomic mass is 9.92. The summed E-state index contributed by atoms with van der Waals surface area (Å²) >= 11 is 2.45. The van der Waals surface area contributed by atoms with Gasteiger partial charge in [-0.25, -0.2) is 4.79 Å². The average molecular weight is 330 g/mol. The van der Waals surface area contributed by atoms with Crippen molar-refractivity contribution in [3.63, 3.8) is 0 Å². The number of nitrogens with one attached hydrogen (secondary N) is 1. The van der Waals surface area contributed by atoms with Gasteiger partial charge in [0.2, 0.25) is 11.8 Å². The van der Waals surface area contributed by atoms with E-state index in [0.29, 0.717) is 17.2 Å². The van der Waals surface area contributed by atoms with Gasteiger partial charge in [0.1, 0.15) is 5.37 Å². The molecule has 4 atom stereocenters. The van der Waals surface area contributed by atoms with Crippen LogP contribution < -0.4 is 5.32 Å². The Morgan fingerprint density at radius 3 is 2.76 bits per heavy atom. The average Bonchev–Trinajstić information content (AvgIpc) is 2.92. The number of fused-ring (bicyclic) bond motifs is 1. The molecule has 0 saturated carbocycles. The first-order chi connectivity index (χ1) is 9.91. The van der Waals surface area contributed by atoms with Crippen molar-refractivity contribution in [2.24, 2.45) is 5.92 Å². The van der Waals surface area contributed by atoms with Crippen molar-refractivity contribution in [1.82, 2.24) is 10.2 Å². The molecule has 0 aromatic heterocycles. The van der Waals surface area contributed by atoms with Gasteiger partial charge in [0.05, 0.1) is 21.5 Å². The third-order valence-corrected chi connectivity index (χ3v) is 6.59. The lowest BCUT2D eigenvalue weighted by Gasteiger charge is -2.43. The van der Waals surface area contributed by atoms with Crippen molar-refractivity contribution in [1.29, 1.82) is 0 Å². The second-order valence-electron chi connectivity index (χ2n) is 5.11. The Bertz CT molecular complexity index is 562. The van der Waals surface area contributed by atoms with Gasteiger partial charge in [-0.05, 0) is 13.3 Å². The normalized spacial score (nSPS) is 32.9. The molecule has 0 bridgehead atoms. The van der Waals surface area contributed by atoms with Crippen LogP contribution in [0.3, 0.4) is 0 Å². The second kappa shape index (κ2) is 5.22. The fourth-order valence-corrected chi connectivity index (χ4v) is 5.82. The molecule has 0 aromatic carbocycles. The van der Waals surface area contributed by atoms with Gasteiger partial charge in [-0.2, -0.15) is 0 Å². The van der Waals surface area contributed by atoms with E-state index in [9.17, 15) is 24.6 Å². The number of thioether (sulfide) groups is 2. The summed E-state index contributed by atoms with van der Waals surface area (Å²) in [6.07, 6.45) is -0.181. The van der Waals surface area contributed by atoms with Crippen LogP contribution in [0, 0.1) is 5.92 Å². The van der Waals surface area contributed by atoms with Crippen LogP contribution in [0.25, 0.3) is 0 Å². The van der Waals surface area contributed by atoms with Crippen molar-refractivity contribution in [3.8, 4) is 0 Å². The topological polar surface area (TPSA) is 107 Å². The molecule has 2 amide bonds. The number of hydrogen-bond acceptors (Lipinski definition) is 6. The lowest BCUT2D eigenvalue weighted by molar-refractivity contribution is -0.156. The fourth-order valence-electron chi connectivity index (χ4n) is 2.65. The Hall–Kier alpha value is -1.19. The molecular weight excluding hydrogens is 316 g/mol. The Morgan fingerprint density at radius 2 is 2.24 bits per heavy atom. The molecule has 3 aliphatic heterocycles. The summed E-state index contributed by atoms with van der Waals surface area (Å²) in [5.41, 5.74) is -0.0587. The predicted octanol–water partition coefficient (Wildman–Crippen LogP) is -0.226. The highest BCUT2D eigenvalue weighted by Gasteiger charge is 2.58. The van der Waals surface area contributed by atoms with Gasteiger partial charge in [-0.15, -0.1) is 11.8 Å². The molecule has 2 saturated heterocycles. The van der Waals surface area contributed by atoms with E-state index in [1.54, 1.807) is 0 Å². The minimum Gasteiger partial charge on any atom is -0.477 e. The third kappa shape index (κ3) is 2.23. The van der Waals surface area contributed by atoms with Gasteiger partial charge in [0.25, 0.3) is 0 Å². The zero-order valence-electron chi connectivity index (χ0n) is 11.1. The first-order valence-corrected chi connectivity index (χ1v) is 8.27. The van der Waals surface area contributed by atoms with Gasteiger partial charge in [0, 0.05) is 6.54 Å². The summed E-state index contributed by atoms with van der Waals surface area (Å²) < 4.78 is 0.478. The first kappa shape index (κ1) is 14.7. The summed E-state index contributed by atoms with van der Waals surface area (Å²) in [5.74, 6) is -2.24. The number of carboxylic acid groups (broad SMARTS) is 1.